The van der Waals surface area contributed by atoms with Crippen LogP contribution < -0.4 is 0 Å². The van der Waals surface area contributed by atoms with Gasteiger partial charge in [0.1, 0.15) is 0 Å². The van der Waals surface area contributed by atoms with Gasteiger partial charge in [0.25, 0.3) is 0 Å². The summed E-state index contributed by atoms with van der Waals surface area (Å²) in [4.78, 5) is 12.1. The van der Waals surface area contributed by atoms with Crippen molar-refractivity contribution in [2.75, 3.05) is 7.11 Å². The Kier molecular flexibility index (Phi) is 6.13. The molecule has 0 aliphatic heterocycles. The maximum absolute atomic E-state index is 12.1. The molecule has 2 rings (SSSR count). The Morgan fingerprint density at radius 1 is 1.05 bits per heavy atom. The summed E-state index contributed by atoms with van der Waals surface area (Å²) < 4.78 is 4.91. The van der Waals surface area contributed by atoms with E-state index >= 15 is 0 Å². The Labute approximate surface area is 144 Å². The van der Waals surface area contributed by atoms with Crippen molar-refractivity contribution in [2.24, 2.45) is 0 Å². The highest BCUT2D eigenvalue weighted by Crippen LogP contribution is 2.31. The normalized spacial score (nSPS) is 12.0. The molecule has 0 spiro atoms. The van der Waals surface area contributed by atoms with Gasteiger partial charge in [-0.05, 0) is 48.2 Å². The predicted molar refractivity (Wildman–Crippen MR) is 91.0 cm³/mol. The number of hydrogen-bond donors (Lipinski definition) is 0. The number of esters is 1. The number of rotatable bonds is 5. The average molecular weight is 358 g/mol. The molecule has 0 aliphatic rings. The third-order valence-corrected chi connectivity index (χ3v) is 4.27. The van der Waals surface area contributed by atoms with E-state index in [4.69, 9.17) is 39.5 Å². The van der Waals surface area contributed by atoms with E-state index in [1.54, 1.807) is 18.2 Å². The Bertz CT molecular complexity index is 653. The maximum atomic E-state index is 12.1. The van der Waals surface area contributed by atoms with Gasteiger partial charge >= 0.3 is 5.97 Å². The van der Waals surface area contributed by atoms with E-state index in [-0.39, 0.29) is 5.97 Å². The molecule has 0 aromatic heterocycles. The van der Waals surface area contributed by atoms with Gasteiger partial charge in [0.05, 0.1) is 13.0 Å². The van der Waals surface area contributed by atoms with Crippen LogP contribution in [0.5, 0.6) is 0 Å². The van der Waals surface area contributed by atoms with Crippen LogP contribution in [0.15, 0.2) is 42.5 Å². The molecule has 0 heterocycles. The van der Waals surface area contributed by atoms with Crippen molar-refractivity contribution in [3.05, 3.63) is 68.7 Å². The smallest absolute Gasteiger partial charge is 0.313 e. The lowest BCUT2D eigenvalue weighted by Gasteiger charge is -2.16. The van der Waals surface area contributed by atoms with Crippen molar-refractivity contribution in [3.63, 3.8) is 0 Å². The average Bonchev–Trinajstić information content (AvgIpc) is 2.50. The van der Waals surface area contributed by atoms with Gasteiger partial charge in [-0.3, -0.25) is 4.79 Å². The van der Waals surface area contributed by atoms with Crippen molar-refractivity contribution < 1.29 is 9.53 Å². The predicted octanol–water partition coefficient (Wildman–Crippen LogP) is 5.54. The van der Waals surface area contributed by atoms with Crippen LogP contribution in [0.1, 0.15) is 23.5 Å². The first kappa shape index (κ1) is 17.1. The fraction of sp³-hybridized carbons (Fsp3) is 0.235. The first-order valence-corrected chi connectivity index (χ1v) is 7.92. The first-order chi connectivity index (χ1) is 10.5. The topological polar surface area (TPSA) is 26.3 Å². The van der Waals surface area contributed by atoms with E-state index < -0.39 is 5.92 Å². The van der Waals surface area contributed by atoms with Gasteiger partial charge in [-0.1, -0.05) is 53.0 Å². The van der Waals surface area contributed by atoms with Crippen LogP contribution in [0.3, 0.4) is 0 Å². The molecular formula is C17H15Cl3O2. The third-order valence-electron chi connectivity index (χ3n) is 3.46. The molecule has 0 unspecified atom stereocenters. The Morgan fingerprint density at radius 2 is 1.68 bits per heavy atom. The Balaban J connectivity index is 2.19. The number of carbonyl (C=O) groups is 1. The summed E-state index contributed by atoms with van der Waals surface area (Å²) in [7, 11) is 1.38. The van der Waals surface area contributed by atoms with Gasteiger partial charge < -0.3 is 4.74 Å². The SMILES string of the molecule is COC(=O)[C@@H](CCc1ccc(Cl)cc1)c1ccc(Cl)cc1Cl. The highest BCUT2D eigenvalue weighted by molar-refractivity contribution is 6.35. The Morgan fingerprint density at radius 3 is 2.27 bits per heavy atom. The summed E-state index contributed by atoms with van der Waals surface area (Å²) >= 11 is 18.0. The van der Waals surface area contributed by atoms with Crippen LogP contribution in [0.25, 0.3) is 0 Å². The van der Waals surface area contributed by atoms with E-state index in [9.17, 15) is 4.79 Å². The highest BCUT2D eigenvalue weighted by atomic mass is 35.5. The van der Waals surface area contributed by atoms with E-state index in [0.717, 1.165) is 17.5 Å². The van der Waals surface area contributed by atoms with Crippen LogP contribution in [0.2, 0.25) is 15.1 Å². The second-order valence-electron chi connectivity index (χ2n) is 4.91. The van der Waals surface area contributed by atoms with Gasteiger partial charge in [-0.25, -0.2) is 0 Å². The van der Waals surface area contributed by atoms with Crippen molar-refractivity contribution in [2.45, 2.75) is 18.8 Å². The number of ether oxygens (including phenoxy) is 1. The summed E-state index contributed by atoms with van der Waals surface area (Å²) in [6, 6.07) is 12.7. The zero-order chi connectivity index (χ0) is 16.1. The molecule has 22 heavy (non-hydrogen) atoms. The molecule has 0 fully saturated rings. The summed E-state index contributed by atoms with van der Waals surface area (Å²) in [5, 5.41) is 1.70. The van der Waals surface area contributed by atoms with Gasteiger partial charge in [0, 0.05) is 15.1 Å². The van der Waals surface area contributed by atoms with Crippen molar-refractivity contribution in [1.82, 2.24) is 0 Å². The fourth-order valence-electron chi connectivity index (χ4n) is 2.29. The minimum absolute atomic E-state index is 0.307. The molecule has 2 aromatic carbocycles. The van der Waals surface area contributed by atoms with E-state index in [2.05, 4.69) is 0 Å². The van der Waals surface area contributed by atoms with Gasteiger partial charge in [-0.15, -0.1) is 0 Å². The fourth-order valence-corrected chi connectivity index (χ4v) is 2.95. The number of methoxy groups -OCH3 is 1. The zero-order valence-corrected chi connectivity index (χ0v) is 14.3. The van der Waals surface area contributed by atoms with Gasteiger partial charge in [0.2, 0.25) is 0 Å². The molecule has 0 aliphatic carbocycles. The van der Waals surface area contributed by atoms with Crippen LogP contribution in [-0.2, 0) is 16.0 Å². The zero-order valence-electron chi connectivity index (χ0n) is 12.0. The minimum Gasteiger partial charge on any atom is -0.469 e. The molecule has 0 bridgehead atoms. The summed E-state index contributed by atoms with van der Waals surface area (Å²) in [5.41, 5.74) is 1.83. The number of benzene rings is 2. The van der Waals surface area contributed by atoms with Crippen LogP contribution in [-0.4, -0.2) is 13.1 Å². The van der Waals surface area contributed by atoms with Crippen LogP contribution in [0.4, 0.5) is 0 Å². The first-order valence-electron chi connectivity index (χ1n) is 6.78. The molecule has 2 aromatic rings. The molecule has 2 nitrogen and oxygen atoms in total. The standard InChI is InChI=1S/C17H15Cl3O2/c1-22-17(21)15(14-9-7-13(19)10-16(14)20)8-4-11-2-5-12(18)6-3-11/h2-3,5-7,9-10,15H,4,8H2,1H3/t15-/m0/s1. The van der Waals surface area contributed by atoms with E-state index in [1.807, 2.05) is 24.3 Å². The monoisotopic (exact) mass is 356 g/mol. The lowest BCUT2D eigenvalue weighted by Crippen LogP contribution is -2.15. The van der Waals surface area contributed by atoms with E-state index in [0.29, 0.717) is 21.5 Å². The molecule has 0 saturated carbocycles. The lowest BCUT2D eigenvalue weighted by atomic mass is 9.92. The molecule has 0 saturated heterocycles. The number of carbonyl (C=O) groups excluding carboxylic acids is 1. The van der Waals surface area contributed by atoms with Gasteiger partial charge in [-0.2, -0.15) is 0 Å². The molecule has 1 atom stereocenters. The number of aryl methyl sites for hydroxylation is 1. The quantitative estimate of drug-likeness (QED) is 0.657. The summed E-state index contributed by atoms with van der Waals surface area (Å²) in [5.74, 6) is -0.733. The Hall–Kier alpha value is -1.22. The summed E-state index contributed by atoms with van der Waals surface area (Å²) in [6.45, 7) is 0. The largest absolute Gasteiger partial charge is 0.469 e. The summed E-state index contributed by atoms with van der Waals surface area (Å²) in [6.07, 6.45) is 1.31. The highest BCUT2D eigenvalue weighted by Gasteiger charge is 2.23. The number of hydrogen-bond acceptors (Lipinski definition) is 2. The van der Waals surface area contributed by atoms with Crippen molar-refractivity contribution >= 4 is 40.8 Å². The maximum Gasteiger partial charge on any atom is 0.313 e. The van der Waals surface area contributed by atoms with Crippen molar-refractivity contribution in [3.8, 4) is 0 Å². The second kappa shape index (κ2) is 7.87. The van der Waals surface area contributed by atoms with Crippen LogP contribution >= 0.6 is 34.8 Å². The number of halogens is 3. The van der Waals surface area contributed by atoms with Crippen LogP contribution in [0, 0.1) is 0 Å². The van der Waals surface area contributed by atoms with Crippen molar-refractivity contribution in [1.29, 1.82) is 0 Å². The molecular weight excluding hydrogens is 343 g/mol. The third kappa shape index (κ3) is 4.39. The van der Waals surface area contributed by atoms with E-state index in [1.165, 1.54) is 7.11 Å². The molecule has 0 amide bonds. The lowest BCUT2D eigenvalue weighted by molar-refractivity contribution is -0.142. The molecule has 5 heteroatoms. The molecule has 0 radical (unpaired) electrons. The van der Waals surface area contributed by atoms with Gasteiger partial charge in [0.15, 0.2) is 0 Å². The molecule has 0 N–H and O–H groups in total. The second-order valence-corrected chi connectivity index (χ2v) is 6.19. The minimum atomic E-state index is -0.426. The molecule has 116 valence electrons.